The normalized spacial score (nSPS) is 14.2. The van der Waals surface area contributed by atoms with E-state index < -0.39 is 10.0 Å². The van der Waals surface area contributed by atoms with E-state index in [1.54, 1.807) is 7.11 Å². The summed E-state index contributed by atoms with van der Waals surface area (Å²) in [5, 5.41) is 2.63. The lowest BCUT2D eigenvalue weighted by atomic mass is 10.0. The van der Waals surface area contributed by atoms with Crippen LogP contribution in [-0.4, -0.2) is 51.2 Å². The minimum atomic E-state index is -3.47. The van der Waals surface area contributed by atoms with Gasteiger partial charge in [0.1, 0.15) is 11.5 Å². The number of nitrogens with zero attached hydrogens (tertiary/aromatic N) is 1. The van der Waals surface area contributed by atoms with E-state index in [-0.39, 0.29) is 24.8 Å². The number of nitrogens with one attached hydrogen (secondary N) is 1. The number of fused-ring (bicyclic) bond motifs is 1. The van der Waals surface area contributed by atoms with Crippen LogP contribution in [0.2, 0.25) is 0 Å². The molecule has 0 spiro atoms. The predicted molar refractivity (Wildman–Crippen MR) is 120 cm³/mol. The molecule has 7 nitrogen and oxygen atoms in total. The van der Waals surface area contributed by atoms with E-state index in [9.17, 15) is 13.2 Å². The van der Waals surface area contributed by atoms with Crippen LogP contribution >= 0.6 is 0 Å². The van der Waals surface area contributed by atoms with Crippen molar-refractivity contribution >= 4 is 15.9 Å². The smallest absolute Gasteiger partial charge is 0.257 e. The van der Waals surface area contributed by atoms with Crippen molar-refractivity contribution in [3.05, 3.63) is 59.2 Å². The van der Waals surface area contributed by atoms with Crippen molar-refractivity contribution in [3.63, 3.8) is 0 Å². The quantitative estimate of drug-likeness (QED) is 0.640. The zero-order valence-corrected chi connectivity index (χ0v) is 19.1. The summed E-state index contributed by atoms with van der Waals surface area (Å²) in [4.78, 5) is 12.0. The summed E-state index contributed by atoms with van der Waals surface area (Å²) in [6, 6.07) is 13.3. The molecule has 0 atom stereocenters. The minimum absolute atomic E-state index is 0.0444. The van der Waals surface area contributed by atoms with Crippen molar-refractivity contribution < 1.29 is 22.7 Å². The van der Waals surface area contributed by atoms with E-state index in [4.69, 9.17) is 9.47 Å². The monoisotopic (exact) mass is 446 g/mol. The number of benzene rings is 2. The Hall–Kier alpha value is -2.58. The van der Waals surface area contributed by atoms with Crippen LogP contribution in [-0.2, 0) is 27.8 Å². The molecule has 1 aliphatic heterocycles. The van der Waals surface area contributed by atoms with Crippen molar-refractivity contribution in [2.45, 2.75) is 32.7 Å². The number of ether oxygens (including phenoxy) is 2. The van der Waals surface area contributed by atoms with Gasteiger partial charge >= 0.3 is 0 Å². The highest BCUT2D eigenvalue weighted by Crippen LogP contribution is 2.25. The lowest BCUT2D eigenvalue weighted by Crippen LogP contribution is -2.41. The molecule has 3 rings (SSSR count). The standard InChI is InChI=1S/C23H30N2O5S/c1-17(2)18-4-7-21(8-5-18)30-16-23(26)24-11-13-31(27,28)25-12-10-19-14-22(29-3)9-6-20(19)15-25/h4-9,14,17H,10-13,15-16H2,1-3H3,(H,24,26). The van der Waals surface area contributed by atoms with Gasteiger partial charge in [-0.3, -0.25) is 4.79 Å². The van der Waals surface area contributed by atoms with Crippen LogP contribution in [0.15, 0.2) is 42.5 Å². The Morgan fingerprint density at radius 3 is 2.48 bits per heavy atom. The van der Waals surface area contributed by atoms with E-state index >= 15 is 0 Å². The second kappa shape index (κ2) is 10.2. The summed E-state index contributed by atoms with van der Waals surface area (Å²) in [6.45, 7) is 4.87. The van der Waals surface area contributed by atoms with Gasteiger partial charge in [0.15, 0.2) is 6.61 Å². The topological polar surface area (TPSA) is 84.9 Å². The fraction of sp³-hybridized carbons (Fsp3) is 0.435. The molecular formula is C23H30N2O5S. The summed E-state index contributed by atoms with van der Waals surface area (Å²) in [7, 11) is -1.86. The zero-order valence-electron chi connectivity index (χ0n) is 18.3. The number of carbonyl (C=O) groups is 1. The highest BCUT2D eigenvalue weighted by atomic mass is 32.2. The number of sulfonamides is 1. The molecule has 31 heavy (non-hydrogen) atoms. The molecule has 168 valence electrons. The first-order valence-electron chi connectivity index (χ1n) is 10.4. The lowest BCUT2D eigenvalue weighted by Gasteiger charge is -2.28. The Morgan fingerprint density at radius 2 is 1.81 bits per heavy atom. The Bertz CT molecular complexity index is 1000. The highest BCUT2D eigenvalue weighted by Gasteiger charge is 2.26. The van der Waals surface area contributed by atoms with Crippen molar-refractivity contribution in [3.8, 4) is 11.5 Å². The Kier molecular flexibility index (Phi) is 7.56. The number of methoxy groups -OCH3 is 1. The molecule has 0 bridgehead atoms. The first kappa shape index (κ1) is 23.1. The molecule has 1 heterocycles. The molecule has 0 unspecified atom stereocenters. The van der Waals surface area contributed by atoms with Gasteiger partial charge in [0.25, 0.3) is 5.91 Å². The fourth-order valence-electron chi connectivity index (χ4n) is 3.47. The molecular weight excluding hydrogens is 416 g/mol. The summed E-state index contributed by atoms with van der Waals surface area (Å²) in [5.41, 5.74) is 3.29. The SMILES string of the molecule is COc1ccc2c(c1)CCN(S(=O)(=O)CCNC(=O)COc1ccc(C(C)C)cc1)C2. The third kappa shape index (κ3) is 6.21. The Morgan fingerprint density at radius 1 is 1.10 bits per heavy atom. The van der Waals surface area contributed by atoms with Crippen molar-refractivity contribution in [2.75, 3.05) is 32.6 Å². The van der Waals surface area contributed by atoms with Crippen LogP contribution in [0.25, 0.3) is 0 Å². The maximum Gasteiger partial charge on any atom is 0.257 e. The average molecular weight is 447 g/mol. The lowest BCUT2D eigenvalue weighted by molar-refractivity contribution is -0.122. The number of hydrogen-bond donors (Lipinski definition) is 1. The van der Waals surface area contributed by atoms with Crippen LogP contribution in [0.3, 0.4) is 0 Å². The molecule has 0 saturated heterocycles. The number of carbonyl (C=O) groups excluding carboxylic acids is 1. The van der Waals surface area contributed by atoms with E-state index in [0.29, 0.717) is 31.2 Å². The van der Waals surface area contributed by atoms with Gasteiger partial charge in [-0.05, 0) is 53.3 Å². The van der Waals surface area contributed by atoms with Gasteiger partial charge in [0.2, 0.25) is 10.0 Å². The van der Waals surface area contributed by atoms with Gasteiger partial charge in [0.05, 0.1) is 12.9 Å². The summed E-state index contributed by atoms with van der Waals surface area (Å²) in [6.07, 6.45) is 0.640. The van der Waals surface area contributed by atoms with Crippen molar-refractivity contribution in [1.82, 2.24) is 9.62 Å². The molecule has 8 heteroatoms. The second-order valence-electron chi connectivity index (χ2n) is 7.90. The largest absolute Gasteiger partial charge is 0.497 e. The second-order valence-corrected chi connectivity index (χ2v) is 9.99. The molecule has 1 N–H and O–H groups in total. The van der Waals surface area contributed by atoms with Gasteiger partial charge in [-0.1, -0.05) is 32.0 Å². The van der Waals surface area contributed by atoms with Gasteiger partial charge in [0, 0.05) is 19.6 Å². The third-order valence-corrected chi connectivity index (χ3v) is 7.20. The van der Waals surface area contributed by atoms with Gasteiger partial charge < -0.3 is 14.8 Å². The Balaban J connectivity index is 1.44. The van der Waals surface area contributed by atoms with E-state index in [1.165, 1.54) is 9.87 Å². The summed E-state index contributed by atoms with van der Waals surface area (Å²) >= 11 is 0. The van der Waals surface area contributed by atoms with Crippen LogP contribution in [0.5, 0.6) is 11.5 Å². The third-order valence-electron chi connectivity index (χ3n) is 5.38. The Labute approximate surface area is 184 Å². The van der Waals surface area contributed by atoms with Gasteiger partial charge in [-0.15, -0.1) is 0 Å². The van der Waals surface area contributed by atoms with Gasteiger partial charge in [-0.25, -0.2) is 8.42 Å². The minimum Gasteiger partial charge on any atom is -0.497 e. The molecule has 0 aromatic heterocycles. The molecule has 0 saturated carbocycles. The van der Waals surface area contributed by atoms with E-state index in [2.05, 4.69) is 19.2 Å². The molecule has 2 aromatic carbocycles. The van der Waals surface area contributed by atoms with E-state index in [0.717, 1.165) is 16.9 Å². The maximum atomic E-state index is 12.7. The van der Waals surface area contributed by atoms with Crippen LogP contribution in [0.1, 0.15) is 36.5 Å². The first-order valence-corrected chi connectivity index (χ1v) is 12.0. The number of rotatable bonds is 9. The van der Waals surface area contributed by atoms with Crippen molar-refractivity contribution in [1.29, 1.82) is 0 Å². The predicted octanol–water partition coefficient (Wildman–Crippen LogP) is 2.70. The molecule has 1 aliphatic rings. The summed E-state index contributed by atoms with van der Waals surface area (Å²) in [5.74, 6) is 1.31. The maximum absolute atomic E-state index is 12.7. The fourth-order valence-corrected chi connectivity index (χ4v) is 4.79. The molecule has 1 amide bonds. The molecule has 2 aromatic rings. The first-order chi connectivity index (χ1) is 14.8. The zero-order chi connectivity index (χ0) is 22.4. The van der Waals surface area contributed by atoms with Crippen LogP contribution < -0.4 is 14.8 Å². The average Bonchev–Trinajstić information content (AvgIpc) is 2.77. The van der Waals surface area contributed by atoms with E-state index in [1.807, 2.05) is 42.5 Å². The number of amides is 1. The van der Waals surface area contributed by atoms with Crippen molar-refractivity contribution in [2.24, 2.45) is 0 Å². The molecule has 0 aliphatic carbocycles. The highest BCUT2D eigenvalue weighted by molar-refractivity contribution is 7.89. The van der Waals surface area contributed by atoms with Crippen LogP contribution in [0.4, 0.5) is 0 Å². The van der Waals surface area contributed by atoms with Crippen LogP contribution in [0, 0.1) is 0 Å². The summed E-state index contributed by atoms with van der Waals surface area (Å²) < 4.78 is 37.6. The molecule has 0 fully saturated rings. The van der Waals surface area contributed by atoms with Gasteiger partial charge in [-0.2, -0.15) is 4.31 Å². The molecule has 0 radical (unpaired) electrons. The number of hydrogen-bond acceptors (Lipinski definition) is 5.